The maximum atomic E-state index is 12.2. The van der Waals surface area contributed by atoms with Gasteiger partial charge in [0.05, 0.1) is 11.9 Å². The Morgan fingerprint density at radius 1 is 0.952 bits per heavy atom. The minimum atomic E-state index is -3.69. The second kappa shape index (κ2) is 6.37. The largest absolute Gasteiger partial charge is 0.268 e. The molecule has 4 nitrogen and oxygen atoms in total. The van der Waals surface area contributed by atoms with Crippen LogP contribution in [0.3, 0.4) is 0 Å². The van der Waals surface area contributed by atoms with E-state index in [1.54, 1.807) is 36.4 Å². The lowest BCUT2D eigenvalue weighted by Gasteiger charge is -2.18. The highest BCUT2D eigenvalue weighted by Gasteiger charge is 2.22. The highest BCUT2D eigenvalue weighted by molar-refractivity contribution is 7.92. The fraction of sp³-hybridized carbons (Fsp3) is 0.0625. The van der Waals surface area contributed by atoms with Gasteiger partial charge in [0, 0.05) is 6.08 Å². The Labute approximate surface area is 124 Å². The lowest BCUT2D eigenvalue weighted by molar-refractivity contribution is -0.113. The van der Waals surface area contributed by atoms with Gasteiger partial charge in [-0.1, -0.05) is 48.5 Å². The molecular weight excluding hydrogens is 286 g/mol. The molecule has 0 fully saturated rings. The van der Waals surface area contributed by atoms with E-state index in [1.807, 2.05) is 30.3 Å². The first-order valence-corrected chi connectivity index (χ1v) is 8.16. The summed E-state index contributed by atoms with van der Waals surface area (Å²) in [6, 6.07) is 17.5. The lowest BCUT2D eigenvalue weighted by atomic mass is 10.2. The molecule has 21 heavy (non-hydrogen) atoms. The highest BCUT2D eigenvalue weighted by Crippen LogP contribution is 2.17. The quantitative estimate of drug-likeness (QED) is 0.816. The van der Waals surface area contributed by atoms with E-state index in [0.717, 1.165) is 16.1 Å². The SMILES string of the molecule is CS(=O)(=O)N(C(=O)/C=C/c1ccccc1)c1ccccc1. The van der Waals surface area contributed by atoms with Crippen molar-refractivity contribution in [3.8, 4) is 0 Å². The summed E-state index contributed by atoms with van der Waals surface area (Å²) >= 11 is 0. The molecule has 5 heteroatoms. The van der Waals surface area contributed by atoms with Crippen LogP contribution in [0, 0.1) is 0 Å². The molecular formula is C16H15NO3S. The molecule has 0 spiro atoms. The molecule has 0 unspecified atom stereocenters. The summed E-state index contributed by atoms with van der Waals surface area (Å²) in [6.45, 7) is 0. The predicted molar refractivity (Wildman–Crippen MR) is 84.2 cm³/mol. The third kappa shape index (κ3) is 4.03. The fourth-order valence-electron chi connectivity index (χ4n) is 1.84. The summed E-state index contributed by atoms with van der Waals surface area (Å²) in [4.78, 5) is 12.2. The van der Waals surface area contributed by atoms with E-state index in [-0.39, 0.29) is 0 Å². The molecule has 0 aliphatic rings. The number of nitrogens with zero attached hydrogens (tertiary/aromatic N) is 1. The maximum absolute atomic E-state index is 12.2. The Morgan fingerprint density at radius 2 is 1.48 bits per heavy atom. The molecule has 0 radical (unpaired) electrons. The van der Waals surface area contributed by atoms with Crippen molar-refractivity contribution in [3.63, 3.8) is 0 Å². The van der Waals surface area contributed by atoms with E-state index in [1.165, 1.54) is 6.08 Å². The molecule has 0 aliphatic heterocycles. The van der Waals surface area contributed by atoms with E-state index in [2.05, 4.69) is 0 Å². The van der Waals surface area contributed by atoms with Gasteiger partial charge in [-0.25, -0.2) is 12.7 Å². The number of anilines is 1. The van der Waals surface area contributed by atoms with Crippen LogP contribution in [0.25, 0.3) is 6.08 Å². The molecule has 0 aliphatic carbocycles. The number of sulfonamides is 1. The molecule has 0 saturated heterocycles. The van der Waals surface area contributed by atoms with Gasteiger partial charge in [-0.2, -0.15) is 0 Å². The van der Waals surface area contributed by atoms with Crippen LogP contribution in [-0.2, 0) is 14.8 Å². The first kappa shape index (κ1) is 15.0. The number of carbonyl (C=O) groups excluding carboxylic acids is 1. The van der Waals surface area contributed by atoms with E-state index in [4.69, 9.17) is 0 Å². The first-order valence-electron chi connectivity index (χ1n) is 6.31. The summed E-state index contributed by atoms with van der Waals surface area (Å²) in [5.74, 6) is -0.604. The van der Waals surface area contributed by atoms with E-state index in [9.17, 15) is 13.2 Å². The minimum Gasteiger partial charge on any atom is -0.268 e. The monoisotopic (exact) mass is 301 g/mol. The predicted octanol–water partition coefficient (Wildman–Crippen LogP) is 2.69. The number of hydrogen-bond acceptors (Lipinski definition) is 3. The third-order valence-corrected chi connectivity index (χ3v) is 3.79. The zero-order valence-corrected chi connectivity index (χ0v) is 12.3. The molecule has 0 aromatic heterocycles. The molecule has 2 aromatic carbocycles. The van der Waals surface area contributed by atoms with Gasteiger partial charge in [-0.05, 0) is 23.8 Å². The summed E-state index contributed by atoms with van der Waals surface area (Å²) in [5, 5.41) is 0. The van der Waals surface area contributed by atoms with Crippen molar-refractivity contribution in [2.24, 2.45) is 0 Å². The van der Waals surface area contributed by atoms with Crippen molar-refractivity contribution in [1.29, 1.82) is 0 Å². The van der Waals surface area contributed by atoms with Crippen LogP contribution in [0.1, 0.15) is 5.56 Å². The molecule has 0 saturated carbocycles. The Bertz CT molecular complexity index is 738. The van der Waals surface area contributed by atoms with Crippen LogP contribution in [0.15, 0.2) is 66.7 Å². The van der Waals surface area contributed by atoms with Gasteiger partial charge in [0.15, 0.2) is 0 Å². The highest BCUT2D eigenvalue weighted by atomic mass is 32.2. The second-order valence-electron chi connectivity index (χ2n) is 4.45. The van der Waals surface area contributed by atoms with Gasteiger partial charge in [-0.3, -0.25) is 4.79 Å². The Hall–Kier alpha value is -2.40. The first-order chi connectivity index (χ1) is 9.98. The Kier molecular flexibility index (Phi) is 4.55. The average Bonchev–Trinajstić information content (AvgIpc) is 2.46. The summed E-state index contributed by atoms with van der Waals surface area (Å²) in [7, 11) is -3.69. The van der Waals surface area contributed by atoms with E-state index >= 15 is 0 Å². The normalized spacial score (nSPS) is 11.5. The molecule has 0 N–H and O–H groups in total. The van der Waals surface area contributed by atoms with Crippen molar-refractivity contribution in [1.82, 2.24) is 0 Å². The van der Waals surface area contributed by atoms with Crippen LogP contribution in [0.2, 0.25) is 0 Å². The number of rotatable bonds is 4. The fourth-order valence-corrected chi connectivity index (χ4v) is 2.74. The topological polar surface area (TPSA) is 54.5 Å². The summed E-state index contributed by atoms with van der Waals surface area (Å²) < 4.78 is 24.5. The zero-order valence-electron chi connectivity index (χ0n) is 11.5. The number of amides is 1. The number of para-hydroxylation sites is 1. The van der Waals surface area contributed by atoms with Gasteiger partial charge in [0.1, 0.15) is 0 Å². The number of carbonyl (C=O) groups is 1. The summed E-state index contributed by atoms with van der Waals surface area (Å²) in [5.41, 5.74) is 1.15. The molecule has 108 valence electrons. The molecule has 1 amide bonds. The lowest BCUT2D eigenvalue weighted by Crippen LogP contribution is -2.34. The van der Waals surface area contributed by atoms with Gasteiger partial charge in [0.25, 0.3) is 5.91 Å². The number of hydrogen-bond donors (Lipinski definition) is 0. The molecule has 2 aromatic rings. The molecule has 0 atom stereocenters. The van der Waals surface area contributed by atoms with Gasteiger partial charge in [0.2, 0.25) is 10.0 Å². The van der Waals surface area contributed by atoms with Crippen LogP contribution in [0.4, 0.5) is 5.69 Å². The Balaban J connectivity index is 2.31. The Morgan fingerprint density at radius 3 is 2.00 bits per heavy atom. The number of benzene rings is 2. The van der Waals surface area contributed by atoms with Gasteiger partial charge in [-0.15, -0.1) is 0 Å². The van der Waals surface area contributed by atoms with Crippen molar-refractivity contribution >= 4 is 27.7 Å². The molecule has 0 bridgehead atoms. The van der Waals surface area contributed by atoms with Crippen LogP contribution >= 0.6 is 0 Å². The van der Waals surface area contributed by atoms with Crippen LogP contribution in [0.5, 0.6) is 0 Å². The van der Waals surface area contributed by atoms with Crippen LogP contribution in [-0.4, -0.2) is 20.6 Å². The van der Waals surface area contributed by atoms with Crippen LogP contribution < -0.4 is 4.31 Å². The third-order valence-electron chi connectivity index (χ3n) is 2.74. The maximum Gasteiger partial charge on any atom is 0.264 e. The summed E-state index contributed by atoms with van der Waals surface area (Å²) in [6.07, 6.45) is 3.85. The van der Waals surface area contributed by atoms with E-state index in [0.29, 0.717) is 5.69 Å². The average molecular weight is 301 g/mol. The van der Waals surface area contributed by atoms with Crippen molar-refractivity contribution in [2.75, 3.05) is 10.6 Å². The van der Waals surface area contributed by atoms with Gasteiger partial charge >= 0.3 is 0 Å². The second-order valence-corrected chi connectivity index (χ2v) is 6.28. The standard InChI is InChI=1S/C16H15NO3S/c1-21(19,20)17(15-10-6-3-7-11-15)16(18)13-12-14-8-4-2-5-9-14/h2-13H,1H3/b13-12+. The van der Waals surface area contributed by atoms with Crippen molar-refractivity contribution in [3.05, 3.63) is 72.3 Å². The minimum absolute atomic E-state index is 0.322. The van der Waals surface area contributed by atoms with Crippen molar-refractivity contribution in [2.45, 2.75) is 0 Å². The smallest absolute Gasteiger partial charge is 0.264 e. The molecule has 2 rings (SSSR count). The zero-order chi connectivity index (χ0) is 15.3. The van der Waals surface area contributed by atoms with E-state index < -0.39 is 15.9 Å². The van der Waals surface area contributed by atoms with Gasteiger partial charge < -0.3 is 0 Å². The molecule has 0 heterocycles. The van der Waals surface area contributed by atoms with Crippen molar-refractivity contribution < 1.29 is 13.2 Å².